The van der Waals surface area contributed by atoms with Crippen molar-refractivity contribution in [1.82, 2.24) is 4.98 Å². The smallest absolute Gasteiger partial charge is 0.276 e. The molecule has 20 heavy (non-hydrogen) atoms. The summed E-state index contributed by atoms with van der Waals surface area (Å²) in [5.41, 5.74) is 1.47. The molecule has 2 aromatic rings. The molecule has 0 unspecified atom stereocenters. The summed E-state index contributed by atoms with van der Waals surface area (Å²) in [5.74, 6) is 0.289. The lowest BCUT2D eigenvalue weighted by Gasteiger charge is -2.06. The number of nitrogens with zero attached hydrogens (tertiary/aromatic N) is 3. The van der Waals surface area contributed by atoms with Gasteiger partial charge >= 0.3 is 0 Å². The number of halogens is 1. The first-order valence-corrected chi connectivity index (χ1v) is 6.01. The van der Waals surface area contributed by atoms with E-state index in [1.807, 2.05) is 0 Å². The molecule has 0 bridgehead atoms. The van der Waals surface area contributed by atoms with Crippen molar-refractivity contribution in [2.75, 3.05) is 5.32 Å². The van der Waals surface area contributed by atoms with Crippen LogP contribution in [0.4, 0.5) is 17.2 Å². The van der Waals surface area contributed by atoms with Crippen LogP contribution in [0.3, 0.4) is 0 Å². The molecule has 6 nitrogen and oxygen atoms in total. The van der Waals surface area contributed by atoms with Gasteiger partial charge < -0.3 is 5.32 Å². The van der Waals surface area contributed by atoms with Crippen LogP contribution in [0.15, 0.2) is 36.4 Å². The fourth-order valence-electron chi connectivity index (χ4n) is 1.60. The molecule has 0 atom stereocenters. The lowest BCUT2D eigenvalue weighted by Crippen LogP contribution is -1.96. The molecule has 0 aliphatic carbocycles. The van der Waals surface area contributed by atoms with E-state index in [-0.39, 0.29) is 16.7 Å². The topological polar surface area (TPSA) is 91.8 Å². The van der Waals surface area contributed by atoms with Crippen LogP contribution in [-0.2, 0) is 6.42 Å². The van der Waals surface area contributed by atoms with E-state index in [1.165, 1.54) is 12.1 Å². The Balaban J connectivity index is 2.21. The largest absolute Gasteiger partial charge is 0.340 e. The van der Waals surface area contributed by atoms with Gasteiger partial charge in [-0.1, -0.05) is 23.7 Å². The molecule has 1 N–H and O–H groups in total. The predicted molar refractivity (Wildman–Crippen MR) is 74.9 cm³/mol. The number of nitriles is 1. The summed E-state index contributed by atoms with van der Waals surface area (Å²) in [4.78, 5) is 14.2. The molecule has 7 heteroatoms. The van der Waals surface area contributed by atoms with E-state index in [0.29, 0.717) is 12.1 Å². The fourth-order valence-corrected chi connectivity index (χ4v) is 1.80. The van der Waals surface area contributed by atoms with Crippen molar-refractivity contribution in [3.63, 3.8) is 0 Å². The number of anilines is 2. The highest BCUT2D eigenvalue weighted by atomic mass is 35.5. The summed E-state index contributed by atoms with van der Waals surface area (Å²) in [6.07, 6.45) is 0.334. The van der Waals surface area contributed by atoms with E-state index >= 15 is 0 Å². The van der Waals surface area contributed by atoms with E-state index in [0.717, 1.165) is 5.56 Å². The number of benzene rings is 1. The second kappa shape index (κ2) is 5.99. The monoisotopic (exact) mass is 288 g/mol. The molecule has 1 aromatic heterocycles. The van der Waals surface area contributed by atoms with Crippen molar-refractivity contribution in [2.24, 2.45) is 0 Å². The molecule has 0 aliphatic heterocycles. The number of rotatable bonds is 4. The van der Waals surface area contributed by atoms with Gasteiger partial charge in [0.1, 0.15) is 11.0 Å². The van der Waals surface area contributed by atoms with Gasteiger partial charge in [-0.25, -0.2) is 4.98 Å². The van der Waals surface area contributed by atoms with Crippen LogP contribution in [0.25, 0.3) is 0 Å². The van der Waals surface area contributed by atoms with Crippen molar-refractivity contribution in [3.8, 4) is 6.07 Å². The van der Waals surface area contributed by atoms with Crippen LogP contribution < -0.4 is 5.32 Å². The van der Waals surface area contributed by atoms with Crippen molar-refractivity contribution in [3.05, 3.63) is 57.2 Å². The minimum Gasteiger partial charge on any atom is -0.340 e. The third-order valence-corrected chi connectivity index (χ3v) is 2.69. The zero-order valence-electron chi connectivity index (χ0n) is 10.2. The molecule has 2 rings (SSSR count). The Hall–Kier alpha value is -2.65. The molecule has 0 spiro atoms. The maximum absolute atomic E-state index is 10.7. The third-order valence-electron chi connectivity index (χ3n) is 2.50. The lowest BCUT2D eigenvalue weighted by atomic mass is 10.1. The molecule has 1 heterocycles. The number of nitrogens with one attached hydrogen (secondary N) is 1. The number of pyridine rings is 1. The zero-order valence-corrected chi connectivity index (χ0v) is 11.0. The van der Waals surface area contributed by atoms with Crippen LogP contribution in [0, 0.1) is 21.4 Å². The summed E-state index contributed by atoms with van der Waals surface area (Å²) < 4.78 is 0. The number of hydrogen-bond acceptors (Lipinski definition) is 5. The number of aromatic nitrogens is 1. The van der Waals surface area contributed by atoms with Gasteiger partial charge in [-0.2, -0.15) is 5.26 Å². The van der Waals surface area contributed by atoms with Crippen LogP contribution in [0.5, 0.6) is 0 Å². The standard InChI is InChI=1S/C13H9ClN4O2/c14-12-7-11(18(19)20)8-13(17-12)16-10-3-1-9(2-4-10)5-6-15/h1-4,7-8H,5H2,(H,16,17). The van der Waals surface area contributed by atoms with Crippen LogP contribution in [-0.4, -0.2) is 9.91 Å². The Morgan fingerprint density at radius 1 is 1.35 bits per heavy atom. The quantitative estimate of drug-likeness (QED) is 0.528. The number of hydrogen-bond donors (Lipinski definition) is 1. The Kier molecular flexibility index (Phi) is 4.13. The molecule has 1 aromatic carbocycles. The molecule has 0 saturated carbocycles. The number of nitro groups is 1. The molecule has 0 radical (unpaired) electrons. The average Bonchev–Trinajstić information content (AvgIpc) is 2.40. The molecule has 0 saturated heterocycles. The average molecular weight is 289 g/mol. The maximum Gasteiger partial charge on any atom is 0.276 e. The minimum atomic E-state index is -0.533. The molecule has 0 fully saturated rings. The minimum absolute atomic E-state index is 0.0443. The van der Waals surface area contributed by atoms with Gasteiger partial charge in [0, 0.05) is 5.69 Å². The van der Waals surface area contributed by atoms with Gasteiger partial charge in [-0.15, -0.1) is 0 Å². The van der Waals surface area contributed by atoms with Crippen LogP contribution in [0.2, 0.25) is 5.15 Å². The summed E-state index contributed by atoms with van der Waals surface area (Å²) in [6, 6.07) is 11.7. The summed E-state index contributed by atoms with van der Waals surface area (Å²) in [6.45, 7) is 0. The Morgan fingerprint density at radius 3 is 2.65 bits per heavy atom. The lowest BCUT2D eigenvalue weighted by molar-refractivity contribution is -0.384. The van der Waals surface area contributed by atoms with Gasteiger partial charge in [0.25, 0.3) is 5.69 Å². The first-order valence-electron chi connectivity index (χ1n) is 5.63. The fraction of sp³-hybridized carbons (Fsp3) is 0.0769. The van der Waals surface area contributed by atoms with Gasteiger partial charge in [0.2, 0.25) is 0 Å². The Morgan fingerprint density at radius 2 is 2.05 bits per heavy atom. The van der Waals surface area contributed by atoms with Gasteiger partial charge in [0.15, 0.2) is 0 Å². The van der Waals surface area contributed by atoms with Crippen LogP contribution >= 0.6 is 11.6 Å². The van der Waals surface area contributed by atoms with Crippen molar-refractivity contribution < 1.29 is 4.92 Å². The molecule has 0 amide bonds. The van der Waals surface area contributed by atoms with E-state index in [1.54, 1.807) is 24.3 Å². The highest BCUT2D eigenvalue weighted by Crippen LogP contribution is 2.23. The molecular formula is C13H9ClN4O2. The van der Waals surface area contributed by atoms with Gasteiger partial charge in [-0.05, 0) is 17.7 Å². The van der Waals surface area contributed by atoms with Crippen molar-refractivity contribution in [2.45, 2.75) is 6.42 Å². The van der Waals surface area contributed by atoms with E-state index < -0.39 is 4.92 Å². The third kappa shape index (κ3) is 3.43. The second-order valence-electron chi connectivity index (χ2n) is 3.95. The van der Waals surface area contributed by atoms with Gasteiger partial charge in [-0.3, -0.25) is 10.1 Å². The highest BCUT2D eigenvalue weighted by Gasteiger charge is 2.10. The van der Waals surface area contributed by atoms with Crippen LogP contribution in [0.1, 0.15) is 5.56 Å². The Labute approximate surface area is 119 Å². The van der Waals surface area contributed by atoms with Crippen molar-refractivity contribution >= 4 is 28.8 Å². The van der Waals surface area contributed by atoms with Gasteiger partial charge in [0.05, 0.1) is 29.5 Å². The SMILES string of the molecule is N#CCc1ccc(Nc2cc([N+](=O)[O-])cc(Cl)n2)cc1. The van der Waals surface area contributed by atoms with E-state index in [4.69, 9.17) is 16.9 Å². The molecular weight excluding hydrogens is 280 g/mol. The maximum atomic E-state index is 10.7. The Bertz CT molecular complexity index is 680. The summed E-state index contributed by atoms with van der Waals surface area (Å²) >= 11 is 5.74. The predicted octanol–water partition coefficient (Wildman–Crippen LogP) is 3.45. The first kappa shape index (κ1) is 13.8. The zero-order chi connectivity index (χ0) is 14.5. The van der Waals surface area contributed by atoms with E-state index in [9.17, 15) is 10.1 Å². The van der Waals surface area contributed by atoms with E-state index in [2.05, 4.69) is 16.4 Å². The molecule has 100 valence electrons. The summed E-state index contributed by atoms with van der Waals surface area (Å²) in [7, 11) is 0. The normalized spacial score (nSPS) is 9.80. The highest BCUT2D eigenvalue weighted by molar-refractivity contribution is 6.29. The summed E-state index contributed by atoms with van der Waals surface area (Å²) in [5, 5.41) is 22.3. The molecule has 0 aliphatic rings. The first-order chi connectivity index (χ1) is 9.58. The van der Waals surface area contributed by atoms with Crippen molar-refractivity contribution in [1.29, 1.82) is 5.26 Å². The second-order valence-corrected chi connectivity index (χ2v) is 4.33.